The molecule has 0 amide bonds. The van der Waals surface area contributed by atoms with Crippen LogP contribution in [0.1, 0.15) is 12.0 Å². The predicted octanol–water partition coefficient (Wildman–Crippen LogP) is 3.65. The van der Waals surface area contributed by atoms with Crippen molar-refractivity contribution in [3.63, 3.8) is 0 Å². The number of hydrogen-bond donors (Lipinski definition) is 1. The largest absolute Gasteiger partial charge is 0.494 e. The van der Waals surface area contributed by atoms with Crippen molar-refractivity contribution in [2.75, 3.05) is 39.5 Å². The fraction of sp³-hybridized carbons (Fsp3) is 0.400. The maximum Gasteiger partial charge on any atom is 0.134 e. The van der Waals surface area contributed by atoms with Crippen molar-refractivity contribution in [1.82, 2.24) is 14.7 Å². The normalized spacial score (nSPS) is 19.2. The van der Waals surface area contributed by atoms with Crippen LogP contribution >= 0.6 is 11.6 Å². The minimum atomic E-state index is -1.11. The van der Waals surface area contributed by atoms with Crippen LogP contribution in [0.4, 0.5) is 0 Å². The molecule has 1 N–H and O–H groups in total. The molecule has 176 valence electrons. The first-order valence-electron chi connectivity index (χ1n) is 11.2. The van der Waals surface area contributed by atoms with Gasteiger partial charge in [-0.1, -0.05) is 29.8 Å². The molecule has 0 saturated carbocycles. The van der Waals surface area contributed by atoms with Gasteiger partial charge in [-0.3, -0.25) is 9.58 Å². The molecule has 2 heterocycles. The van der Waals surface area contributed by atoms with Gasteiger partial charge in [0.15, 0.2) is 0 Å². The minimum Gasteiger partial charge on any atom is -0.494 e. The first kappa shape index (κ1) is 23.6. The van der Waals surface area contributed by atoms with Gasteiger partial charge in [0.05, 0.1) is 19.8 Å². The molecule has 0 aliphatic carbocycles. The average Bonchev–Trinajstić information content (AvgIpc) is 3.25. The molecular formula is C25H30ClN3O4. The van der Waals surface area contributed by atoms with Gasteiger partial charge in [-0.05, 0) is 42.0 Å². The van der Waals surface area contributed by atoms with Crippen LogP contribution in [0.3, 0.4) is 0 Å². The lowest BCUT2D eigenvalue weighted by atomic mass is 10.1. The number of ether oxygens (including phenoxy) is 3. The van der Waals surface area contributed by atoms with Gasteiger partial charge in [-0.2, -0.15) is 5.10 Å². The Balaban J connectivity index is 1.29. The Bertz CT molecular complexity index is 1000. The van der Waals surface area contributed by atoms with E-state index >= 15 is 0 Å². The molecular weight excluding hydrogens is 442 g/mol. The molecule has 1 aliphatic rings. The summed E-state index contributed by atoms with van der Waals surface area (Å²) in [5, 5.41) is 16.0. The molecule has 1 atom stereocenters. The van der Waals surface area contributed by atoms with E-state index in [-0.39, 0.29) is 13.2 Å². The van der Waals surface area contributed by atoms with Gasteiger partial charge in [0.2, 0.25) is 0 Å². The molecule has 0 radical (unpaired) electrons. The summed E-state index contributed by atoms with van der Waals surface area (Å²) in [6, 6.07) is 17.2. The van der Waals surface area contributed by atoms with Crippen LogP contribution in [0, 0.1) is 0 Å². The monoisotopic (exact) mass is 471 g/mol. The van der Waals surface area contributed by atoms with Crippen molar-refractivity contribution < 1.29 is 19.3 Å². The molecule has 1 unspecified atom stereocenters. The van der Waals surface area contributed by atoms with Crippen molar-refractivity contribution in [2.45, 2.75) is 25.1 Å². The lowest BCUT2D eigenvalue weighted by Crippen LogP contribution is -2.48. The fourth-order valence-electron chi connectivity index (χ4n) is 3.83. The number of aliphatic hydroxyl groups is 1. The molecule has 1 saturated heterocycles. The second-order valence-electron chi connectivity index (χ2n) is 8.35. The highest BCUT2D eigenvalue weighted by Gasteiger charge is 2.33. The van der Waals surface area contributed by atoms with Gasteiger partial charge in [0.1, 0.15) is 23.7 Å². The predicted molar refractivity (Wildman–Crippen MR) is 127 cm³/mol. The van der Waals surface area contributed by atoms with E-state index in [0.717, 1.165) is 30.8 Å². The quantitative estimate of drug-likeness (QED) is 0.455. The smallest absolute Gasteiger partial charge is 0.134 e. The van der Waals surface area contributed by atoms with Crippen LogP contribution in [-0.4, -0.2) is 64.9 Å². The molecule has 2 aromatic carbocycles. The Morgan fingerprint density at radius 1 is 1.09 bits per heavy atom. The summed E-state index contributed by atoms with van der Waals surface area (Å²) < 4.78 is 19.3. The minimum absolute atomic E-state index is 0.128. The van der Waals surface area contributed by atoms with E-state index in [4.69, 9.17) is 25.8 Å². The van der Waals surface area contributed by atoms with Crippen LogP contribution in [0.25, 0.3) is 0 Å². The lowest BCUT2D eigenvalue weighted by molar-refractivity contribution is -0.0646. The molecule has 0 bridgehead atoms. The number of aromatic nitrogens is 2. The SMILES string of the molecule is OC1(COc2cccc(Cl)c2)COCCN(Cc2cccc(OCCCn3cccn3)c2)C1. The van der Waals surface area contributed by atoms with Crippen LogP contribution in [0.5, 0.6) is 11.5 Å². The topological polar surface area (TPSA) is 69.0 Å². The highest BCUT2D eigenvalue weighted by molar-refractivity contribution is 6.30. The van der Waals surface area contributed by atoms with Crippen LogP contribution in [-0.2, 0) is 17.8 Å². The summed E-state index contributed by atoms with van der Waals surface area (Å²) in [5.41, 5.74) is 0.0129. The molecule has 7 nitrogen and oxygen atoms in total. The van der Waals surface area contributed by atoms with Crippen molar-refractivity contribution in [2.24, 2.45) is 0 Å². The molecule has 1 aliphatic heterocycles. The van der Waals surface area contributed by atoms with E-state index in [1.807, 2.05) is 41.2 Å². The summed E-state index contributed by atoms with van der Waals surface area (Å²) in [7, 11) is 0. The number of benzene rings is 2. The van der Waals surface area contributed by atoms with Gasteiger partial charge in [-0.25, -0.2) is 0 Å². The number of nitrogens with zero attached hydrogens (tertiary/aromatic N) is 3. The third kappa shape index (κ3) is 7.47. The highest BCUT2D eigenvalue weighted by atomic mass is 35.5. The van der Waals surface area contributed by atoms with Gasteiger partial charge < -0.3 is 19.3 Å². The number of hydrogen-bond acceptors (Lipinski definition) is 6. The van der Waals surface area contributed by atoms with Gasteiger partial charge in [-0.15, -0.1) is 0 Å². The second-order valence-corrected chi connectivity index (χ2v) is 8.79. The van der Waals surface area contributed by atoms with Crippen LogP contribution in [0.2, 0.25) is 5.02 Å². The van der Waals surface area contributed by atoms with Gasteiger partial charge in [0, 0.05) is 50.0 Å². The van der Waals surface area contributed by atoms with E-state index in [9.17, 15) is 5.11 Å². The van der Waals surface area contributed by atoms with Crippen LogP contribution < -0.4 is 9.47 Å². The Morgan fingerprint density at radius 3 is 2.76 bits per heavy atom. The van der Waals surface area contributed by atoms with Gasteiger partial charge in [0.25, 0.3) is 0 Å². The van der Waals surface area contributed by atoms with E-state index in [0.29, 0.717) is 37.1 Å². The van der Waals surface area contributed by atoms with Crippen molar-refractivity contribution >= 4 is 11.6 Å². The molecule has 33 heavy (non-hydrogen) atoms. The van der Waals surface area contributed by atoms with E-state index in [1.165, 1.54) is 0 Å². The molecule has 0 spiro atoms. The van der Waals surface area contributed by atoms with Gasteiger partial charge >= 0.3 is 0 Å². The maximum atomic E-state index is 11.2. The standard InChI is InChI=1S/C25H30ClN3O4/c26-22-6-2-8-24(16-22)33-20-25(30)18-28(12-14-31-19-25)17-21-5-1-7-23(15-21)32-13-4-11-29-10-3-9-27-29/h1-3,5-10,15-16,30H,4,11-14,17-20H2. The van der Waals surface area contributed by atoms with Crippen molar-refractivity contribution in [3.05, 3.63) is 77.6 Å². The Hall–Kier alpha value is -2.58. The molecule has 8 heteroatoms. The lowest BCUT2D eigenvalue weighted by Gasteiger charge is -2.30. The summed E-state index contributed by atoms with van der Waals surface area (Å²) in [4.78, 5) is 2.19. The number of β-amino-alcohol motifs (C(OH)–C–C–N with tert-alkyl or cyclic N) is 1. The summed E-state index contributed by atoms with van der Waals surface area (Å²) in [5.74, 6) is 1.47. The maximum absolute atomic E-state index is 11.2. The van der Waals surface area contributed by atoms with E-state index in [2.05, 4.69) is 22.1 Å². The van der Waals surface area contributed by atoms with Crippen LogP contribution in [0.15, 0.2) is 67.0 Å². The zero-order valence-electron chi connectivity index (χ0n) is 18.6. The first-order chi connectivity index (χ1) is 16.1. The number of halogens is 1. The Morgan fingerprint density at radius 2 is 1.94 bits per heavy atom. The third-order valence-electron chi connectivity index (χ3n) is 5.41. The molecule has 3 aromatic rings. The Kier molecular flexibility index (Phi) is 8.23. The second kappa shape index (κ2) is 11.5. The molecule has 1 fully saturated rings. The summed E-state index contributed by atoms with van der Waals surface area (Å²) >= 11 is 6.03. The average molecular weight is 472 g/mol. The number of aryl methyl sites for hydroxylation is 1. The molecule has 1 aromatic heterocycles. The summed E-state index contributed by atoms with van der Waals surface area (Å²) in [6.07, 6.45) is 4.62. The Labute approximate surface area is 199 Å². The zero-order valence-corrected chi connectivity index (χ0v) is 19.4. The molecule has 4 rings (SSSR count). The number of rotatable bonds is 10. The van der Waals surface area contributed by atoms with Crippen molar-refractivity contribution in [1.29, 1.82) is 0 Å². The van der Waals surface area contributed by atoms with E-state index < -0.39 is 5.60 Å². The summed E-state index contributed by atoms with van der Waals surface area (Å²) in [6.45, 7) is 4.23. The fourth-order valence-corrected chi connectivity index (χ4v) is 4.01. The van der Waals surface area contributed by atoms with E-state index in [1.54, 1.807) is 18.3 Å². The first-order valence-corrected chi connectivity index (χ1v) is 11.6. The third-order valence-corrected chi connectivity index (χ3v) is 5.64. The zero-order chi connectivity index (χ0) is 22.9. The van der Waals surface area contributed by atoms with Crippen molar-refractivity contribution in [3.8, 4) is 11.5 Å². The highest BCUT2D eigenvalue weighted by Crippen LogP contribution is 2.22.